The van der Waals surface area contributed by atoms with E-state index in [1.165, 1.54) is 0 Å². The minimum absolute atomic E-state index is 0. The Hall–Kier alpha value is -0.770. The van der Waals surface area contributed by atoms with Gasteiger partial charge in [-0.1, -0.05) is 6.07 Å². The third-order valence-corrected chi connectivity index (χ3v) is 3.44. The highest BCUT2D eigenvalue weighted by Gasteiger charge is 2.48. The summed E-state index contributed by atoms with van der Waals surface area (Å²) in [5.74, 6) is -1.22. The van der Waals surface area contributed by atoms with E-state index in [-0.39, 0.29) is 57.1 Å². The van der Waals surface area contributed by atoms with Gasteiger partial charge in [0.05, 0.1) is 5.56 Å². The van der Waals surface area contributed by atoms with Crippen molar-refractivity contribution in [3.05, 3.63) is 35.1 Å². The fourth-order valence-electron chi connectivity index (χ4n) is 2.53. The highest BCUT2D eigenvalue weighted by molar-refractivity contribution is 5.85. The zero-order chi connectivity index (χ0) is 16.5. The molecule has 1 fully saturated rings. The van der Waals surface area contributed by atoms with Crippen molar-refractivity contribution in [1.29, 1.82) is 0 Å². The van der Waals surface area contributed by atoms with Crippen LogP contribution < -0.4 is 5.32 Å². The predicted molar refractivity (Wildman–Crippen MR) is 79.1 cm³/mol. The summed E-state index contributed by atoms with van der Waals surface area (Å²) in [5, 5.41) is 2.84. The molecule has 2 nitrogen and oxygen atoms in total. The summed E-state index contributed by atoms with van der Waals surface area (Å²) in [5.41, 5.74) is -2.56. The molecule has 24 heavy (non-hydrogen) atoms. The average molecular weight is 403 g/mol. The van der Waals surface area contributed by atoms with Crippen molar-refractivity contribution < 1.29 is 30.7 Å². The van der Waals surface area contributed by atoms with Crippen LogP contribution in [0.2, 0.25) is 0 Å². The number of hydrogen-bond acceptors (Lipinski definition) is 2. The Morgan fingerprint density at radius 1 is 0.958 bits per heavy atom. The van der Waals surface area contributed by atoms with Gasteiger partial charge in [-0.15, -0.1) is 24.8 Å². The van der Waals surface area contributed by atoms with Crippen molar-refractivity contribution in [1.82, 2.24) is 10.2 Å². The van der Waals surface area contributed by atoms with Crippen LogP contribution in [0.1, 0.15) is 17.2 Å². The Balaban J connectivity index is 0.00000264. The lowest BCUT2D eigenvalue weighted by Crippen LogP contribution is -2.49. The first kappa shape index (κ1) is 23.2. The molecule has 0 bridgehead atoms. The molecule has 1 atom stereocenters. The molecule has 2 rings (SSSR count). The smallest absolute Gasteiger partial charge is 0.314 e. The molecule has 1 aromatic carbocycles. The molecule has 1 N–H and O–H groups in total. The van der Waals surface area contributed by atoms with Crippen LogP contribution in [-0.2, 0) is 6.18 Å². The lowest BCUT2D eigenvalue weighted by atomic mass is 9.97. The molecule has 1 saturated heterocycles. The van der Waals surface area contributed by atoms with Crippen LogP contribution in [0, 0.1) is 5.82 Å². The molecule has 0 saturated carbocycles. The Morgan fingerprint density at radius 2 is 1.50 bits per heavy atom. The summed E-state index contributed by atoms with van der Waals surface area (Å²) in [6.45, 7) is 0.405. The first-order chi connectivity index (χ1) is 10.1. The van der Waals surface area contributed by atoms with Crippen molar-refractivity contribution in [2.45, 2.75) is 18.4 Å². The average Bonchev–Trinajstić information content (AvgIpc) is 2.39. The number of nitrogens with zero attached hydrogens (tertiary/aromatic N) is 1. The number of benzene rings is 1. The van der Waals surface area contributed by atoms with E-state index in [9.17, 15) is 30.7 Å². The normalized spacial score (nSPS) is 17.6. The van der Waals surface area contributed by atoms with E-state index in [1.807, 2.05) is 0 Å². The quantitative estimate of drug-likeness (QED) is 0.745. The fraction of sp³-hybridized carbons (Fsp3) is 0.538. The molecule has 140 valence electrons. The van der Waals surface area contributed by atoms with Crippen molar-refractivity contribution in [3.63, 3.8) is 0 Å². The lowest BCUT2D eigenvalue weighted by Gasteiger charge is -2.37. The summed E-state index contributed by atoms with van der Waals surface area (Å²) >= 11 is 0. The van der Waals surface area contributed by atoms with E-state index in [0.717, 1.165) is 4.90 Å². The molecular weight excluding hydrogens is 388 g/mol. The maximum Gasteiger partial charge on any atom is 0.416 e. The second-order valence-electron chi connectivity index (χ2n) is 4.96. The molecule has 1 heterocycles. The minimum atomic E-state index is -5.06. The van der Waals surface area contributed by atoms with Gasteiger partial charge >= 0.3 is 12.4 Å². The first-order valence-corrected chi connectivity index (χ1v) is 6.49. The SMILES string of the molecule is Cl.Cl.Fc1ccc([C@H](N2CCNCC2)C(F)(F)F)c(C(F)(F)F)c1. The monoisotopic (exact) mass is 402 g/mol. The highest BCUT2D eigenvalue weighted by atomic mass is 35.5. The van der Waals surface area contributed by atoms with E-state index in [4.69, 9.17) is 0 Å². The lowest BCUT2D eigenvalue weighted by molar-refractivity contribution is -0.190. The Morgan fingerprint density at radius 3 is 1.96 bits per heavy atom. The van der Waals surface area contributed by atoms with Gasteiger partial charge in [-0.05, 0) is 17.7 Å². The Labute approximate surface area is 146 Å². The summed E-state index contributed by atoms with van der Waals surface area (Å²) in [6, 6.07) is -1.12. The first-order valence-electron chi connectivity index (χ1n) is 6.49. The zero-order valence-corrected chi connectivity index (χ0v) is 13.7. The highest BCUT2D eigenvalue weighted by Crippen LogP contribution is 2.43. The standard InChI is InChI=1S/C13H13F7N2.2ClH/c14-8-1-2-9(10(7-8)12(15,16)17)11(13(18,19)20)22-5-3-21-4-6-22;;/h1-2,7,11,21H,3-6H2;2*1H/t11-;;/m0../s1. The molecule has 1 aromatic rings. The fourth-order valence-corrected chi connectivity index (χ4v) is 2.53. The number of halogens is 9. The van der Waals surface area contributed by atoms with E-state index < -0.39 is 35.3 Å². The van der Waals surface area contributed by atoms with Gasteiger partial charge in [0, 0.05) is 26.2 Å². The summed E-state index contributed by atoms with van der Waals surface area (Å²) < 4.78 is 92.0. The van der Waals surface area contributed by atoms with Crippen LogP contribution in [0.15, 0.2) is 18.2 Å². The summed E-state index contributed by atoms with van der Waals surface area (Å²) in [7, 11) is 0. The van der Waals surface area contributed by atoms with Gasteiger partial charge in [0.25, 0.3) is 0 Å². The molecule has 11 heteroatoms. The molecule has 1 aliphatic rings. The molecule has 0 aliphatic carbocycles. The Bertz CT molecular complexity index is 528. The number of nitrogens with one attached hydrogen (secondary N) is 1. The maximum atomic E-state index is 13.3. The predicted octanol–water partition coefficient (Wildman–Crippen LogP) is 4.20. The van der Waals surface area contributed by atoms with Crippen molar-refractivity contribution >= 4 is 24.8 Å². The van der Waals surface area contributed by atoms with Crippen molar-refractivity contribution in [2.75, 3.05) is 26.2 Å². The Kier molecular flexibility index (Phi) is 8.28. The number of alkyl halides is 6. The van der Waals surface area contributed by atoms with Gasteiger partial charge < -0.3 is 5.32 Å². The van der Waals surface area contributed by atoms with Crippen LogP contribution >= 0.6 is 24.8 Å². The number of hydrogen-bond donors (Lipinski definition) is 1. The van der Waals surface area contributed by atoms with E-state index in [0.29, 0.717) is 12.1 Å². The molecule has 0 amide bonds. The van der Waals surface area contributed by atoms with Gasteiger partial charge in [0.15, 0.2) is 0 Å². The van der Waals surface area contributed by atoms with E-state index in [1.54, 1.807) is 0 Å². The molecule has 0 spiro atoms. The largest absolute Gasteiger partial charge is 0.416 e. The van der Waals surface area contributed by atoms with Crippen LogP contribution in [0.3, 0.4) is 0 Å². The maximum absolute atomic E-state index is 13.3. The molecule has 0 unspecified atom stereocenters. The number of rotatable bonds is 2. The van der Waals surface area contributed by atoms with E-state index in [2.05, 4.69) is 5.32 Å². The second kappa shape index (κ2) is 8.55. The third-order valence-electron chi connectivity index (χ3n) is 3.44. The molecule has 0 radical (unpaired) electrons. The number of piperazine rings is 1. The summed E-state index contributed by atoms with van der Waals surface area (Å²) in [4.78, 5) is 0.930. The summed E-state index contributed by atoms with van der Waals surface area (Å²) in [6.07, 6.45) is -9.95. The minimum Gasteiger partial charge on any atom is -0.314 e. The molecule has 1 aliphatic heterocycles. The third kappa shape index (κ3) is 5.37. The zero-order valence-electron chi connectivity index (χ0n) is 12.0. The van der Waals surface area contributed by atoms with Crippen LogP contribution in [-0.4, -0.2) is 37.3 Å². The van der Waals surface area contributed by atoms with Crippen molar-refractivity contribution in [2.24, 2.45) is 0 Å². The van der Waals surface area contributed by atoms with Gasteiger partial charge in [-0.2, -0.15) is 26.3 Å². The topological polar surface area (TPSA) is 15.3 Å². The van der Waals surface area contributed by atoms with E-state index >= 15 is 0 Å². The molecule has 0 aromatic heterocycles. The molecular formula is C13H15Cl2F7N2. The van der Waals surface area contributed by atoms with Gasteiger partial charge in [0.2, 0.25) is 0 Å². The van der Waals surface area contributed by atoms with Crippen LogP contribution in [0.25, 0.3) is 0 Å². The van der Waals surface area contributed by atoms with Gasteiger partial charge in [-0.25, -0.2) is 4.39 Å². The van der Waals surface area contributed by atoms with Gasteiger partial charge in [0.1, 0.15) is 11.9 Å². The second-order valence-corrected chi connectivity index (χ2v) is 4.96. The van der Waals surface area contributed by atoms with Gasteiger partial charge in [-0.3, -0.25) is 4.90 Å². The van der Waals surface area contributed by atoms with Crippen LogP contribution in [0.4, 0.5) is 30.7 Å². The van der Waals surface area contributed by atoms with Crippen LogP contribution in [0.5, 0.6) is 0 Å². The van der Waals surface area contributed by atoms with Crippen molar-refractivity contribution in [3.8, 4) is 0 Å².